The highest BCUT2D eigenvalue weighted by Crippen LogP contribution is 2.19. The fourth-order valence-corrected chi connectivity index (χ4v) is 3.30. The van der Waals surface area contributed by atoms with Crippen LogP contribution in [0.15, 0.2) is 0 Å². The summed E-state index contributed by atoms with van der Waals surface area (Å²) in [5, 5.41) is 33.8. The first-order chi connectivity index (χ1) is 13.9. The number of carbonyl (C=O) groups excluding carboxylic acids is 3. The number of likely N-dealkylation sites (tertiary alicyclic amines) is 1. The van der Waals surface area contributed by atoms with Gasteiger partial charge in [-0.25, -0.2) is 4.79 Å². The molecule has 1 fully saturated rings. The van der Waals surface area contributed by atoms with Crippen LogP contribution in [-0.2, 0) is 19.2 Å². The van der Waals surface area contributed by atoms with Gasteiger partial charge in [-0.1, -0.05) is 13.8 Å². The molecule has 1 heterocycles. The van der Waals surface area contributed by atoms with E-state index in [4.69, 9.17) is 5.73 Å². The molecule has 1 rings (SSSR count). The number of hydrogen-bond donors (Lipinski definition) is 6. The van der Waals surface area contributed by atoms with Crippen LogP contribution in [0.5, 0.6) is 0 Å². The molecule has 0 saturated carbocycles. The van der Waals surface area contributed by atoms with Gasteiger partial charge in [0.1, 0.15) is 24.2 Å². The van der Waals surface area contributed by atoms with Crippen LogP contribution in [0.4, 0.5) is 0 Å². The zero-order chi connectivity index (χ0) is 23.2. The maximum absolute atomic E-state index is 12.8. The molecule has 1 aliphatic rings. The highest BCUT2D eigenvalue weighted by atomic mass is 16.4. The van der Waals surface area contributed by atoms with Gasteiger partial charge in [-0.15, -0.1) is 0 Å². The summed E-state index contributed by atoms with van der Waals surface area (Å²) in [7, 11) is 0. The van der Waals surface area contributed by atoms with E-state index in [9.17, 15) is 34.5 Å². The van der Waals surface area contributed by atoms with Crippen molar-refractivity contribution >= 4 is 23.7 Å². The highest BCUT2D eigenvalue weighted by molar-refractivity contribution is 5.94. The molecule has 7 N–H and O–H groups in total. The van der Waals surface area contributed by atoms with Crippen molar-refractivity contribution < 1.29 is 34.5 Å². The van der Waals surface area contributed by atoms with Crippen LogP contribution in [0, 0.1) is 5.92 Å². The van der Waals surface area contributed by atoms with E-state index in [0.29, 0.717) is 12.8 Å². The molecule has 0 aromatic heterocycles. The maximum atomic E-state index is 12.8. The van der Waals surface area contributed by atoms with Gasteiger partial charge in [-0.3, -0.25) is 14.4 Å². The molecule has 1 aliphatic heterocycles. The van der Waals surface area contributed by atoms with Gasteiger partial charge in [-0.2, -0.15) is 0 Å². The summed E-state index contributed by atoms with van der Waals surface area (Å²) in [4.78, 5) is 50.4. The van der Waals surface area contributed by atoms with Gasteiger partial charge in [0.2, 0.25) is 17.7 Å². The van der Waals surface area contributed by atoms with Crippen molar-refractivity contribution in [2.24, 2.45) is 11.7 Å². The predicted molar refractivity (Wildman–Crippen MR) is 107 cm³/mol. The quantitative estimate of drug-likeness (QED) is 0.234. The van der Waals surface area contributed by atoms with Gasteiger partial charge in [0, 0.05) is 6.54 Å². The van der Waals surface area contributed by atoms with Crippen molar-refractivity contribution in [1.29, 1.82) is 0 Å². The van der Waals surface area contributed by atoms with Gasteiger partial charge in [0.05, 0.1) is 12.2 Å². The Kier molecular flexibility index (Phi) is 9.66. The first-order valence-corrected chi connectivity index (χ1v) is 10.1. The number of carbonyl (C=O) groups is 4. The van der Waals surface area contributed by atoms with E-state index in [2.05, 4.69) is 10.6 Å². The van der Waals surface area contributed by atoms with Crippen LogP contribution in [0.25, 0.3) is 0 Å². The van der Waals surface area contributed by atoms with Crippen LogP contribution in [0.2, 0.25) is 0 Å². The second kappa shape index (κ2) is 11.2. The number of aliphatic hydroxyl groups is 2. The van der Waals surface area contributed by atoms with Crippen LogP contribution in [0.3, 0.4) is 0 Å². The summed E-state index contributed by atoms with van der Waals surface area (Å²) in [6.45, 7) is 6.54. The summed E-state index contributed by atoms with van der Waals surface area (Å²) in [5.74, 6) is -3.27. The number of amides is 3. The lowest BCUT2D eigenvalue weighted by Crippen LogP contribution is -2.60. The van der Waals surface area contributed by atoms with E-state index < -0.39 is 60.1 Å². The third kappa shape index (κ3) is 6.92. The number of rotatable bonds is 10. The number of aliphatic hydroxyl groups excluding tert-OH is 2. The fraction of sp³-hybridized carbons (Fsp3) is 0.789. The Labute approximate surface area is 176 Å². The maximum Gasteiger partial charge on any atom is 0.326 e. The summed E-state index contributed by atoms with van der Waals surface area (Å²) in [6.07, 6.45) is -1.38. The molecule has 0 bridgehead atoms. The minimum atomic E-state index is -1.37. The number of nitrogens with one attached hydrogen (secondary N) is 2. The van der Waals surface area contributed by atoms with Crippen molar-refractivity contribution in [1.82, 2.24) is 15.5 Å². The van der Waals surface area contributed by atoms with Crippen molar-refractivity contribution in [3.8, 4) is 0 Å². The molecule has 0 spiro atoms. The van der Waals surface area contributed by atoms with E-state index in [-0.39, 0.29) is 18.9 Å². The summed E-state index contributed by atoms with van der Waals surface area (Å²) in [5.41, 5.74) is 5.61. The molecular weight excluding hydrogens is 396 g/mol. The number of nitrogens with two attached hydrogens (primary N) is 1. The lowest BCUT2D eigenvalue weighted by molar-refractivity contribution is -0.150. The van der Waals surface area contributed by atoms with E-state index >= 15 is 0 Å². The first-order valence-electron chi connectivity index (χ1n) is 10.1. The van der Waals surface area contributed by atoms with Gasteiger partial charge in [-0.05, 0) is 39.0 Å². The third-order valence-electron chi connectivity index (χ3n) is 5.03. The fourth-order valence-electron chi connectivity index (χ4n) is 3.30. The number of aliphatic carboxylic acids is 1. The number of hydrogen-bond acceptors (Lipinski definition) is 7. The molecule has 0 aliphatic carbocycles. The van der Waals surface area contributed by atoms with Crippen molar-refractivity contribution in [2.75, 3.05) is 6.54 Å². The van der Waals surface area contributed by atoms with E-state index in [0.717, 1.165) is 4.90 Å². The van der Waals surface area contributed by atoms with E-state index in [1.807, 2.05) is 13.8 Å². The van der Waals surface area contributed by atoms with Crippen molar-refractivity contribution in [2.45, 2.75) is 83.3 Å². The molecule has 30 heavy (non-hydrogen) atoms. The molecule has 1 saturated heterocycles. The normalized spacial score (nSPS) is 21.5. The minimum absolute atomic E-state index is 0.000464. The Hall–Kier alpha value is -2.24. The molecule has 0 radical (unpaired) electrons. The summed E-state index contributed by atoms with van der Waals surface area (Å²) >= 11 is 0. The van der Waals surface area contributed by atoms with Gasteiger partial charge in [0.25, 0.3) is 0 Å². The van der Waals surface area contributed by atoms with Crippen molar-refractivity contribution in [3.05, 3.63) is 0 Å². The number of carboxylic acids is 1. The van der Waals surface area contributed by atoms with E-state index in [1.54, 1.807) is 0 Å². The van der Waals surface area contributed by atoms with Gasteiger partial charge >= 0.3 is 5.97 Å². The summed E-state index contributed by atoms with van der Waals surface area (Å²) in [6, 6.07) is -4.66. The van der Waals surface area contributed by atoms with Crippen LogP contribution in [-0.4, -0.2) is 86.8 Å². The SMILES string of the molecule is CC(C)CC(NC(=O)C(N)C(C)O)C(=O)NC(C(=O)N1CCCC1C(=O)O)C(C)O. The lowest BCUT2D eigenvalue weighted by Gasteiger charge is -2.30. The molecule has 0 aromatic carbocycles. The topological polar surface area (TPSA) is 182 Å². The largest absolute Gasteiger partial charge is 0.480 e. The molecule has 11 heteroatoms. The third-order valence-corrected chi connectivity index (χ3v) is 5.03. The predicted octanol–water partition coefficient (Wildman–Crippen LogP) is -1.83. The number of nitrogens with zero attached hydrogens (tertiary/aromatic N) is 1. The Morgan fingerprint density at radius 3 is 2.10 bits per heavy atom. The average molecular weight is 431 g/mol. The second-order valence-corrected chi connectivity index (χ2v) is 8.21. The molecule has 11 nitrogen and oxygen atoms in total. The molecule has 0 aromatic rings. The highest BCUT2D eigenvalue weighted by Gasteiger charge is 2.40. The summed E-state index contributed by atoms with van der Waals surface area (Å²) < 4.78 is 0. The average Bonchev–Trinajstić information content (AvgIpc) is 3.13. The van der Waals surface area contributed by atoms with Crippen LogP contribution >= 0.6 is 0 Å². The second-order valence-electron chi connectivity index (χ2n) is 8.21. The Bertz CT molecular complexity index is 638. The Balaban J connectivity index is 2.97. The lowest BCUT2D eigenvalue weighted by atomic mass is 10.0. The molecular formula is C19H34N4O7. The molecule has 6 unspecified atom stereocenters. The zero-order valence-corrected chi connectivity index (χ0v) is 17.9. The minimum Gasteiger partial charge on any atom is -0.480 e. The van der Waals surface area contributed by atoms with Gasteiger partial charge in [0.15, 0.2) is 0 Å². The smallest absolute Gasteiger partial charge is 0.326 e. The van der Waals surface area contributed by atoms with Gasteiger partial charge < -0.3 is 36.6 Å². The van der Waals surface area contributed by atoms with E-state index in [1.165, 1.54) is 13.8 Å². The first kappa shape index (κ1) is 25.8. The Morgan fingerprint density at radius 2 is 1.63 bits per heavy atom. The Morgan fingerprint density at radius 1 is 1.03 bits per heavy atom. The molecule has 6 atom stereocenters. The van der Waals surface area contributed by atoms with Crippen LogP contribution < -0.4 is 16.4 Å². The standard InChI is InChI=1S/C19H34N4O7/c1-9(2)8-12(21-17(27)14(20)10(3)24)16(26)22-15(11(4)25)18(28)23-7-5-6-13(23)19(29)30/h9-15,24-25H,5-8,20H2,1-4H3,(H,21,27)(H,22,26)(H,29,30). The van der Waals surface area contributed by atoms with Crippen molar-refractivity contribution in [3.63, 3.8) is 0 Å². The zero-order valence-electron chi connectivity index (χ0n) is 17.9. The van der Waals surface area contributed by atoms with Crippen LogP contribution in [0.1, 0.15) is 47.0 Å². The molecule has 172 valence electrons. The number of carboxylic acid groups (broad SMARTS) is 1. The molecule has 3 amide bonds. The monoisotopic (exact) mass is 430 g/mol.